The fraction of sp³-hybridized carbons (Fsp3) is 0.444. The first-order chi connectivity index (χ1) is 7.52. The molecule has 3 N–H and O–H groups in total. The largest absolute Gasteiger partial charge is 0.480 e. The molecule has 0 unspecified atom stereocenters. The van der Waals surface area contributed by atoms with Crippen molar-refractivity contribution in [3.8, 4) is 0 Å². The van der Waals surface area contributed by atoms with Gasteiger partial charge in [0.2, 0.25) is 0 Å². The molecule has 88 valence electrons. The highest BCUT2D eigenvalue weighted by atomic mass is 32.1. The van der Waals surface area contributed by atoms with Crippen LogP contribution in [-0.2, 0) is 11.2 Å². The van der Waals surface area contributed by atoms with Crippen molar-refractivity contribution in [1.82, 2.24) is 10.3 Å². The number of nitrogens with zero attached hydrogens (tertiary/aromatic N) is 1. The molecule has 1 heterocycles. The van der Waals surface area contributed by atoms with Crippen LogP contribution in [0.15, 0.2) is 0 Å². The number of urea groups is 1. The predicted octanol–water partition coefficient (Wildman–Crippen LogP) is 1.22. The number of anilines is 1. The summed E-state index contributed by atoms with van der Waals surface area (Å²) in [6.45, 7) is 3.50. The van der Waals surface area contributed by atoms with E-state index in [1.807, 2.05) is 13.8 Å². The average Bonchev–Trinajstić information content (AvgIpc) is 2.55. The normalized spacial score (nSPS) is 9.88. The Hall–Kier alpha value is -1.63. The lowest BCUT2D eigenvalue weighted by atomic mass is 10.3. The Kier molecular flexibility index (Phi) is 4.24. The number of aryl methyl sites for hydroxylation is 2. The summed E-state index contributed by atoms with van der Waals surface area (Å²) >= 11 is 1.37. The standard InChI is InChI=1S/C9H13N3O3S/c1-3-6-5(2)16-9(11-6)12-8(15)10-4-7(13)14/h3-4H2,1-2H3,(H,13,14)(H2,10,11,12,15). The van der Waals surface area contributed by atoms with Gasteiger partial charge in [-0.3, -0.25) is 10.1 Å². The number of hydrogen-bond donors (Lipinski definition) is 3. The van der Waals surface area contributed by atoms with E-state index in [2.05, 4.69) is 15.6 Å². The lowest BCUT2D eigenvalue weighted by Gasteiger charge is -2.01. The highest BCUT2D eigenvalue weighted by Gasteiger charge is 2.09. The molecular formula is C9H13N3O3S. The number of carboxylic acid groups (broad SMARTS) is 1. The second-order valence-corrected chi connectivity index (χ2v) is 4.28. The van der Waals surface area contributed by atoms with Crippen molar-refractivity contribution in [1.29, 1.82) is 0 Å². The molecular weight excluding hydrogens is 230 g/mol. The minimum Gasteiger partial charge on any atom is -0.480 e. The number of hydrogen-bond acceptors (Lipinski definition) is 4. The number of carbonyl (C=O) groups is 2. The average molecular weight is 243 g/mol. The number of carboxylic acids is 1. The van der Waals surface area contributed by atoms with Crippen molar-refractivity contribution in [3.05, 3.63) is 10.6 Å². The summed E-state index contributed by atoms with van der Waals surface area (Å²) in [6, 6.07) is -0.557. The van der Waals surface area contributed by atoms with Gasteiger partial charge >= 0.3 is 12.0 Å². The maximum atomic E-state index is 11.2. The molecule has 1 rings (SSSR count). The Bertz CT molecular complexity index is 403. The molecule has 0 aromatic carbocycles. The molecule has 0 bridgehead atoms. The Morgan fingerprint density at radius 3 is 2.69 bits per heavy atom. The SMILES string of the molecule is CCc1nc(NC(=O)NCC(=O)O)sc1C. The summed E-state index contributed by atoms with van der Waals surface area (Å²) in [5.74, 6) is -1.08. The number of rotatable bonds is 4. The quantitative estimate of drug-likeness (QED) is 0.741. The van der Waals surface area contributed by atoms with E-state index in [4.69, 9.17) is 5.11 Å². The van der Waals surface area contributed by atoms with Gasteiger partial charge < -0.3 is 10.4 Å². The highest BCUT2D eigenvalue weighted by Crippen LogP contribution is 2.21. The molecule has 0 saturated carbocycles. The Morgan fingerprint density at radius 1 is 1.50 bits per heavy atom. The van der Waals surface area contributed by atoms with Crippen LogP contribution in [-0.4, -0.2) is 28.6 Å². The van der Waals surface area contributed by atoms with E-state index in [1.165, 1.54) is 11.3 Å². The maximum absolute atomic E-state index is 11.2. The summed E-state index contributed by atoms with van der Waals surface area (Å²) in [4.78, 5) is 26.7. The molecule has 16 heavy (non-hydrogen) atoms. The molecule has 0 spiro atoms. The van der Waals surface area contributed by atoms with Gasteiger partial charge in [0.15, 0.2) is 5.13 Å². The van der Waals surface area contributed by atoms with Crippen molar-refractivity contribution in [2.45, 2.75) is 20.3 Å². The molecule has 0 aliphatic carbocycles. The van der Waals surface area contributed by atoms with Crippen LogP contribution in [0.3, 0.4) is 0 Å². The summed E-state index contributed by atoms with van der Waals surface area (Å²) in [7, 11) is 0. The van der Waals surface area contributed by atoms with E-state index in [-0.39, 0.29) is 0 Å². The van der Waals surface area contributed by atoms with Crippen molar-refractivity contribution < 1.29 is 14.7 Å². The Labute approximate surface area is 96.7 Å². The zero-order chi connectivity index (χ0) is 12.1. The lowest BCUT2D eigenvalue weighted by Crippen LogP contribution is -2.33. The minimum atomic E-state index is -1.08. The van der Waals surface area contributed by atoms with Crippen LogP contribution in [0.1, 0.15) is 17.5 Å². The topological polar surface area (TPSA) is 91.3 Å². The highest BCUT2D eigenvalue weighted by molar-refractivity contribution is 7.15. The molecule has 0 aliphatic heterocycles. The number of amides is 2. The first-order valence-electron chi connectivity index (χ1n) is 4.76. The van der Waals surface area contributed by atoms with Gasteiger partial charge in [-0.05, 0) is 13.3 Å². The van der Waals surface area contributed by atoms with Crippen molar-refractivity contribution in [3.63, 3.8) is 0 Å². The molecule has 2 amide bonds. The molecule has 0 atom stereocenters. The Morgan fingerprint density at radius 2 is 2.19 bits per heavy atom. The lowest BCUT2D eigenvalue weighted by molar-refractivity contribution is -0.135. The van der Waals surface area contributed by atoms with Gasteiger partial charge in [-0.1, -0.05) is 6.92 Å². The van der Waals surface area contributed by atoms with Gasteiger partial charge in [0.25, 0.3) is 0 Å². The van der Waals surface area contributed by atoms with Crippen LogP contribution in [0.2, 0.25) is 0 Å². The second-order valence-electron chi connectivity index (χ2n) is 3.08. The summed E-state index contributed by atoms with van der Waals surface area (Å²) < 4.78 is 0. The molecule has 0 fully saturated rings. The predicted molar refractivity (Wildman–Crippen MR) is 60.9 cm³/mol. The van der Waals surface area contributed by atoms with Gasteiger partial charge in [0.1, 0.15) is 6.54 Å². The molecule has 7 heteroatoms. The van der Waals surface area contributed by atoms with Gasteiger partial charge in [-0.25, -0.2) is 9.78 Å². The van der Waals surface area contributed by atoms with Crippen molar-refractivity contribution in [2.24, 2.45) is 0 Å². The van der Waals surface area contributed by atoms with E-state index in [0.717, 1.165) is 17.0 Å². The third-order valence-electron chi connectivity index (χ3n) is 1.85. The van der Waals surface area contributed by atoms with Crippen LogP contribution in [0.25, 0.3) is 0 Å². The number of nitrogens with one attached hydrogen (secondary N) is 2. The molecule has 0 radical (unpaired) electrons. The maximum Gasteiger partial charge on any atom is 0.323 e. The molecule has 1 aromatic rings. The van der Waals surface area contributed by atoms with Crippen molar-refractivity contribution >= 4 is 28.5 Å². The molecule has 1 aromatic heterocycles. The summed E-state index contributed by atoms with van der Waals surface area (Å²) in [5, 5.41) is 13.5. The van der Waals surface area contributed by atoms with Crippen molar-refractivity contribution in [2.75, 3.05) is 11.9 Å². The third kappa shape index (κ3) is 3.50. The van der Waals surface area contributed by atoms with E-state index < -0.39 is 18.5 Å². The van der Waals surface area contributed by atoms with Crippen LogP contribution in [0.5, 0.6) is 0 Å². The summed E-state index contributed by atoms with van der Waals surface area (Å²) in [6.07, 6.45) is 0.806. The zero-order valence-electron chi connectivity index (χ0n) is 9.03. The number of thiazole rings is 1. The molecule has 0 aliphatic rings. The first kappa shape index (κ1) is 12.4. The van der Waals surface area contributed by atoms with Gasteiger partial charge in [0.05, 0.1) is 5.69 Å². The fourth-order valence-electron chi connectivity index (χ4n) is 1.11. The zero-order valence-corrected chi connectivity index (χ0v) is 9.85. The van der Waals surface area contributed by atoms with E-state index in [0.29, 0.717) is 5.13 Å². The van der Waals surface area contributed by atoms with Crippen LogP contribution < -0.4 is 10.6 Å². The minimum absolute atomic E-state index is 0.406. The van der Waals surface area contributed by atoms with Gasteiger partial charge in [0, 0.05) is 4.88 Å². The van der Waals surface area contributed by atoms with Gasteiger partial charge in [-0.2, -0.15) is 0 Å². The van der Waals surface area contributed by atoms with Gasteiger partial charge in [-0.15, -0.1) is 11.3 Å². The second kappa shape index (κ2) is 5.45. The molecule has 6 nitrogen and oxygen atoms in total. The fourth-order valence-corrected chi connectivity index (χ4v) is 2.00. The number of carbonyl (C=O) groups excluding carboxylic acids is 1. The van der Waals surface area contributed by atoms with E-state index in [1.54, 1.807) is 0 Å². The van der Waals surface area contributed by atoms with E-state index >= 15 is 0 Å². The van der Waals surface area contributed by atoms with Crippen LogP contribution >= 0.6 is 11.3 Å². The number of aliphatic carboxylic acids is 1. The van der Waals surface area contributed by atoms with E-state index in [9.17, 15) is 9.59 Å². The van der Waals surface area contributed by atoms with Crippen LogP contribution in [0, 0.1) is 6.92 Å². The number of aromatic nitrogens is 1. The third-order valence-corrected chi connectivity index (χ3v) is 2.78. The molecule has 0 saturated heterocycles. The monoisotopic (exact) mass is 243 g/mol. The first-order valence-corrected chi connectivity index (χ1v) is 5.57. The smallest absolute Gasteiger partial charge is 0.323 e. The Balaban J connectivity index is 2.52. The van der Waals surface area contributed by atoms with Crippen LogP contribution in [0.4, 0.5) is 9.93 Å². The summed E-state index contributed by atoms with van der Waals surface area (Å²) in [5.41, 5.74) is 0.943.